The number of aromatic nitrogens is 1. The number of piperazine rings is 1. The van der Waals surface area contributed by atoms with Crippen LogP contribution in [0.5, 0.6) is 0 Å². The molecule has 5 nitrogen and oxygen atoms in total. The van der Waals surface area contributed by atoms with Crippen LogP contribution in [0.15, 0.2) is 30.3 Å². The monoisotopic (exact) mass is 369 g/mol. The lowest BCUT2D eigenvalue weighted by Crippen LogP contribution is -2.49. The molecular formula is C22H31N3O2. The van der Waals surface area contributed by atoms with Gasteiger partial charge in [-0.15, -0.1) is 0 Å². The number of amides is 1. The van der Waals surface area contributed by atoms with E-state index in [4.69, 9.17) is 4.74 Å². The largest absolute Gasteiger partial charge is 0.377 e. The Labute approximate surface area is 161 Å². The number of carbonyl (C=O) groups excluding carboxylic acids is 1. The molecule has 4 rings (SSSR count). The summed E-state index contributed by atoms with van der Waals surface area (Å²) in [5, 5.41) is 1.09. The Morgan fingerprint density at radius 3 is 2.70 bits per heavy atom. The third kappa shape index (κ3) is 4.36. The molecule has 2 unspecified atom stereocenters. The Kier molecular flexibility index (Phi) is 5.79. The van der Waals surface area contributed by atoms with Crippen LogP contribution in [0.2, 0.25) is 0 Å². The molecule has 0 radical (unpaired) electrons. The maximum absolute atomic E-state index is 12.8. The summed E-state index contributed by atoms with van der Waals surface area (Å²) in [4.78, 5) is 20.4. The second-order valence-electron chi connectivity index (χ2n) is 8.08. The summed E-state index contributed by atoms with van der Waals surface area (Å²) < 4.78 is 6.15. The van der Waals surface area contributed by atoms with Crippen LogP contribution < -0.4 is 0 Å². The molecule has 2 aliphatic rings. The summed E-state index contributed by atoms with van der Waals surface area (Å²) >= 11 is 0. The molecule has 1 amide bonds. The van der Waals surface area contributed by atoms with Crippen LogP contribution in [0.4, 0.5) is 0 Å². The fraction of sp³-hybridized carbons (Fsp3) is 0.591. The molecule has 1 aromatic carbocycles. The number of hydrogen-bond donors (Lipinski definition) is 1. The highest BCUT2D eigenvalue weighted by molar-refractivity contribution is 5.98. The van der Waals surface area contributed by atoms with Crippen LogP contribution in [-0.4, -0.2) is 66.1 Å². The Morgan fingerprint density at radius 1 is 1.15 bits per heavy atom. The van der Waals surface area contributed by atoms with Crippen molar-refractivity contribution in [2.45, 2.75) is 38.7 Å². The normalized spacial score (nSPS) is 24.4. The number of rotatable bonds is 5. The van der Waals surface area contributed by atoms with Crippen molar-refractivity contribution in [2.24, 2.45) is 5.92 Å². The summed E-state index contributed by atoms with van der Waals surface area (Å²) in [6.45, 7) is 7.52. The average molecular weight is 370 g/mol. The molecule has 1 N–H and O–H groups in total. The van der Waals surface area contributed by atoms with Crippen molar-refractivity contribution in [2.75, 3.05) is 39.3 Å². The number of hydrogen-bond acceptors (Lipinski definition) is 3. The molecular weight excluding hydrogens is 338 g/mol. The van der Waals surface area contributed by atoms with E-state index in [1.54, 1.807) is 0 Å². The first-order valence-corrected chi connectivity index (χ1v) is 10.4. The van der Waals surface area contributed by atoms with Gasteiger partial charge in [0, 0.05) is 43.6 Å². The van der Waals surface area contributed by atoms with Crippen LogP contribution >= 0.6 is 0 Å². The number of nitrogens with zero attached hydrogens (tertiary/aromatic N) is 2. The number of nitrogens with one attached hydrogen (secondary N) is 1. The van der Waals surface area contributed by atoms with Crippen LogP contribution in [0.25, 0.3) is 10.9 Å². The fourth-order valence-electron chi connectivity index (χ4n) is 4.40. The van der Waals surface area contributed by atoms with Gasteiger partial charge >= 0.3 is 0 Å². The van der Waals surface area contributed by atoms with Gasteiger partial charge in [-0.05, 0) is 30.9 Å². The van der Waals surface area contributed by atoms with Gasteiger partial charge in [0.25, 0.3) is 5.91 Å². The highest BCUT2D eigenvalue weighted by Gasteiger charge is 2.24. The van der Waals surface area contributed by atoms with Gasteiger partial charge in [-0.25, -0.2) is 0 Å². The highest BCUT2D eigenvalue weighted by Crippen LogP contribution is 2.26. The minimum Gasteiger partial charge on any atom is -0.377 e. The quantitative estimate of drug-likeness (QED) is 0.877. The van der Waals surface area contributed by atoms with Crippen molar-refractivity contribution in [1.29, 1.82) is 0 Å². The second-order valence-corrected chi connectivity index (χ2v) is 8.08. The van der Waals surface area contributed by atoms with Crippen molar-refractivity contribution in [1.82, 2.24) is 14.8 Å². The maximum atomic E-state index is 12.8. The summed E-state index contributed by atoms with van der Waals surface area (Å²) in [6.07, 6.45) is 5.63. The Bertz CT molecular complexity index is 731. The number of para-hydroxylation sites is 1. The first-order valence-electron chi connectivity index (χ1n) is 10.4. The van der Waals surface area contributed by atoms with Crippen molar-refractivity contribution >= 4 is 16.8 Å². The SMILES string of the molecule is CC1CCCCC1OCCN1CCN(C(=O)c2cc3ccccc3[nH]2)CC1. The van der Waals surface area contributed by atoms with E-state index in [1.807, 2.05) is 35.2 Å². The van der Waals surface area contributed by atoms with Crippen LogP contribution in [0, 0.1) is 5.92 Å². The molecule has 146 valence electrons. The van der Waals surface area contributed by atoms with Gasteiger partial charge in [-0.2, -0.15) is 0 Å². The van der Waals surface area contributed by atoms with E-state index >= 15 is 0 Å². The van der Waals surface area contributed by atoms with Gasteiger partial charge in [0.05, 0.1) is 12.7 Å². The third-order valence-electron chi connectivity index (χ3n) is 6.19. The molecule has 0 bridgehead atoms. The fourth-order valence-corrected chi connectivity index (χ4v) is 4.40. The minimum absolute atomic E-state index is 0.109. The number of ether oxygens (including phenoxy) is 1. The molecule has 1 aromatic heterocycles. The van der Waals surface area contributed by atoms with E-state index in [2.05, 4.69) is 16.8 Å². The Morgan fingerprint density at radius 2 is 1.93 bits per heavy atom. The van der Waals surface area contributed by atoms with E-state index < -0.39 is 0 Å². The molecule has 2 aromatic rings. The van der Waals surface area contributed by atoms with E-state index in [1.165, 1.54) is 25.7 Å². The number of fused-ring (bicyclic) bond motifs is 1. The van der Waals surface area contributed by atoms with Crippen molar-refractivity contribution in [3.63, 3.8) is 0 Å². The third-order valence-corrected chi connectivity index (χ3v) is 6.19. The number of benzene rings is 1. The van der Waals surface area contributed by atoms with Gasteiger partial charge in [0.15, 0.2) is 0 Å². The summed E-state index contributed by atoms with van der Waals surface area (Å²) in [6, 6.07) is 10.00. The Hall–Kier alpha value is -1.85. The van der Waals surface area contributed by atoms with Crippen LogP contribution in [0.1, 0.15) is 43.1 Å². The molecule has 2 fully saturated rings. The van der Waals surface area contributed by atoms with Gasteiger partial charge in [-0.1, -0.05) is 38.0 Å². The predicted molar refractivity (Wildman–Crippen MR) is 108 cm³/mol. The lowest BCUT2D eigenvalue weighted by Gasteiger charge is -2.35. The highest BCUT2D eigenvalue weighted by atomic mass is 16.5. The first kappa shape index (κ1) is 18.5. The van der Waals surface area contributed by atoms with Gasteiger partial charge in [0.2, 0.25) is 0 Å². The maximum Gasteiger partial charge on any atom is 0.270 e. The molecule has 0 spiro atoms. The average Bonchev–Trinajstić information content (AvgIpc) is 3.14. The zero-order valence-electron chi connectivity index (χ0n) is 16.3. The molecule has 2 heterocycles. The molecule has 2 atom stereocenters. The minimum atomic E-state index is 0.109. The van der Waals surface area contributed by atoms with Gasteiger partial charge in [0.1, 0.15) is 5.69 Å². The lowest BCUT2D eigenvalue weighted by molar-refractivity contribution is -0.0173. The summed E-state index contributed by atoms with van der Waals surface area (Å²) in [5.74, 6) is 0.808. The number of H-pyrrole nitrogens is 1. The zero-order chi connectivity index (χ0) is 18.6. The van der Waals surface area contributed by atoms with Gasteiger partial charge < -0.3 is 14.6 Å². The molecule has 1 aliphatic carbocycles. The molecule has 1 saturated carbocycles. The van der Waals surface area contributed by atoms with E-state index in [9.17, 15) is 4.79 Å². The van der Waals surface area contributed by atoms with Crippen molar-refractivity contribution < 1.29 is 9.53 Å². The van der Waals surface area contributed by atoms with Crippen molar-refractivity contribution in [3.8, 4) is 0 Å². The number of carbonyl (C=O) groups is 1. The second kappa shape index (κ2) is 8.44. The summed E-state index contributed by atoms with van der Waals surface area (Å²) in [5.41, 5.74) is 1.72. The van der Waals surface area contributed by atoms with Gasteiger partial charge in [-0.3, -0.25) is 9.69 Å². The summed E-state index contributed by atoms with van der Waals surface area (Å²) in [7, 11) is 0. The van der Waals surface area contributed by atoms with Crippen molar-refractivity contribution in [3.05, 3.63) is 36.0 Å². The molecule has 27 heavy (non-hydrogen) atoms. The standard InChI is InChI=1S/C22H31N3O2/c1-17-6-2-5-9-21(17)27-15-14-24-10-12-25(13-11-24)22(26)20-16-18-7-3-4-8-19(18)23-20/h3-4,7-8,16-17,21,23H,2,5-6,9-15H2,1H3. The zero-order valence-corrected chi connectivity index (χ0v) is 16.3. The smallest absolute Gasteiger partial charge is 0.270 e. The molecule has 1 aliphatic heterocycles. The predicted octanol–water partition coefficient (Wildman–Crippen LogP) is 3.52. The molecule has 5 heteroatoms. The van der Waals surface area contributed by atoms with E-state index in [0.29, 0.717) is 17.7 Å². The lowest BCUT2D eigenvalue weighted by atomic mass is 9.88. The van der Waals surface area contributed by atoms with Crippen LogP contribution in [-0.2, 0) is 4.74 Å². The topological polar surface area (TPSA) is 48.6 Å². The van der Waals surface area contributed by atoms with E-state index in [-0.39, 0.29) is 5.91 Å². The van der Waals surface area contributed by atoms with E-state index in [0.717, 1.165) is 50.2 Å². The first-order chi connectivity index (χ1) is 13.2. The Balaban J connectivity index is 1.23. The molecule has 1 saturated heterocycles. The number of aromatic amines is 1. The van der Waals surface area contributed by atoms with Crippen LogP contribution in [0.3, 0.4) is 0 Å².